The minimum Gasteiger partial charge on any atom is -0.549 e. The van der Waals surface area contributed by atoms with Crippen LogP contribution in [-0.4, -0.2) is 67.5 Å². The maximum atomic E-state index is 10.4. The average Bonchev–Trinajstić information content (AvgIpc) is 2.13. The van der Waals surface area contributed by atoms with Crippen molar-refractivity contribution in [2.45, 2.75) is 6.42 Å². The van der Waals surface area contributed by atoms with Crippen LogP contribution in [0.2, 0.25) is 0 Å². The number of carboxylic acids is 3. The minimum atomic E-state index is -1.38. The van der Waals surface area contributed by atoms with Crippen molar-refractivity contribution in [1.82, 2.24) is 9.80 Å². The summed E-state index contributed by atoms with van der Waals surface area (Å²) in [6.45, 7) is -0.665. The fourth-order valence-corrected chi connectivity index (χ4v) is 1.44. The summed E-state index contributed by atoms with van der Waals surface area (Å²) in [5, 5.41) is 31.0. The number of likely N-dealkylation sites (N-methyl/N-ethyl adjacent to an activating group) is 1. The molecule has 0 aliphatic carbocycles. The molecule has 0 aromatic rings. The van der Waals surface area contributed by atoms with E-state index in [0.717, 1.165) is 4.90 Å². The van der Waals surface area contributed by atoms with Crippen LogP contribution in [0.5, 0.6) is 0 Å². The van der Waals surface area contributed by atoms with Crippen molar-refractivity contribution in [3.8, 4) is 0 Å². The second-order valence-corrected chi connectivity index (χ2v) is 3.92. The van der Waals surface area contributed by atoms with Crippen LogP contribution in [0.25, 0.3) is 0 Å². The quantitative estimate of drug-likeness (QED) is 0.362. The summed E-state index contributed by atoms with van der Waals surface area (Å²) in [5.41, 5.74) is 0. The average molecular weight is 328 g/mol. The predicted octanol–water partition coefficient (Wildman–Crippen LogP) is -14.1. The van der Waals surface area contributed by atoms with Crippen LogP contribution in [0.1, 0.15) is 6.42 Å². The molecule has 0 aromatic heterocycles. The van der Waals surface area contributed by atoms with Crippen LogP contribution in [0, 0.1) is 0 Å². The van der Waals surface area contributed by atoms with Gasteiger partial charge in [-0.15, -0.1) is 0 Å². The predicted molar refractivity (Wildman–Crippen MR) is 53.6 cm³/mol. The first kappa shape index (κ1) is 30.2. The molecule has 0 amide bonds. The van der Waals surface area contributed by atoms with E-state index in [0.29, 0.717) is 13.0 Å². The first-order valence-electron chi connectivity index (χ1n) is 5.31. The molecule has 0 atom stereocenters. The number of carbonyl (C=O) groups excluding carboxylic acids is 3. The molecule has 0 heterocycles. The van der Waals surface area contributed by atoms with E-state index < -0.39 is 31.0 Å². The Balaban J connectivity index is -0.000000482. The molecule has 11 heteroatoms. The molecule has 21 heavy (non-hydrogen) atoms. The van der Waals surface area contributed by atoms with Crippen LogP contribution in [-0.2, 0) is 14.4 Å². The van der Waals surface area contributed by atoms with Gasteiger partial charge < -0.3 is 34.6 Å². The Morgan fingerprint density at radius 3 is 1.48 bits per heavy atom. The van der Waals surface area contributed by atoms with Gasteiger partial charge in [-0.25, -0.2) is 0 Å². The smallest absolute Gasteiger partial charge is 0.549 e. The van der Waals surface area contributed by atoms with E-state index in [2.05, 4.69) is 0 Å². The summed E-state index contributed by atoms with van der Waals surface area (Å²) < 4.78 is 0. The van der Waals surface area contributed by atoms with Crippen molar-refractivity contribution in [1.29, 1.82) is 0 Å². The summed E-state index contributed by atoms with van der Waals surface area (Å²) >= 11 is 0. The first-order valence-corrected chi connectivity index (χ1v) is 5.31. The topological polar surface area (TPSA) is 127 Å². The van der Waals surface area contributed by atoms with E-state index in [9.17, 15) is 29.7 Å². The standard InChI is InChI=1S/C10H18N2O6.3Na/c1-11(5-8(13)14)3-2-4-12(6-9(15)16)7-10(17)18;;;/h2-7H2,1H3,(H,13,14)(H,15,16)(H,17,18);;;/q;3*+1/p-3. The van der Waals surface area contributed by atoms with Gasteiger partial charge in [0.15, 0.2) is 0 Å². The van der Waals surface area contributed by atoms with Crippen molar-refractivity contribution in [2.75, 3.05) is 39.8 Å². The second kappa shape index (κ2) is 17.7. The number of hydrogen-bond donors (Lipinski definition) is 0. The number of hydrogen-bond acceptors (Lipinski definition) is 8. The third-order valence-corrected chi connectivity index (χ3v) is 2.12. The van der Waals surface area contributed by atoms with Gasteiger partial charge in [0.05, 0.1) is 17.9 Å². The van der Waals surface area contributed by atoms with Crippen molar-refractivity contribution in [2.24, 2.45) is 0 Å². The third-order valence-electron chi connectivity index (χ3n) is 2.12. The fraction of sp³-hybridized carbons (Fsp3) is 0.700. The van der Waals surface area contributed by atoms with Gasteiger partial charge in [-0.3, -0.25) is 4.90 Å². The van der Waals surface area contributed by atoms with Gasteiger partial charge >= 0.3 is 88.7 Å². The van der Waals surface area contributed by atoms with Gasteiger partial charge in [0.25, 0.3) is 0 Å². The zero-order valence-electron chi connectivity index (χ0n) is 13.1. The summed E-state index contributed by atoms with van der Waals surface area (Å²) in [6, 6.07) is 0. The Bertz CT molecular complexity index is 303. The molecule has 0 fully saturated rings. The van der Waals surface area contributed by atoms with E-state index >= 15 is 0 Å². The van der Waals surface area contributed by atoms with E-state index in [1.54, 1.807) is 7.05 Å². The van der Waals surface area contributed by atoms with E-state index in [-0.39, 0.29) is 102 Å². The molecule has 8 nitrogen and oxygen atoms in total. The van der Waals surface area contributed by atoms with Gasteiger partial charge in [-0.05, 0) is 20.0 Å². The first-order chi connectivity index (χ1) is 8.31. The SMILES string of the molecule is CN(CCCN(CC(=O)[O-])CC(=O)[O-])CC(=O)[O-].[Na+].[Na+].[Na+]. The van der Waals surface area contributed by atoms with Crippen LogP contribution >= 0.6 is 0 Å². The van der Waals surface area contributed by atoms with Crippen LogP contribution < -0.4 is 104 Å². The Morgan fingerprint density at radius 1 is 0.762 bits per heavy atom. The molecular weight excluding hydrogens is 313 g/mol. The molecule has 0 saturated carbocycles. The van der Waals surface area contributed by atoms with E-state index in [1.165, 1.54) is 4.90 Å². The normalized spacial score (nSPS) is 9.29. The second-order valence-electron chi connectivity index (χ2n) is 3.92. The number of carbonyl (C=O) groups is 3. The van der Waals surface area contributed by atoms with Gasteiger partial charge in [-0.2, -0.15) is 0 Å². The third kappa shape index (κ3) is 21.3. The van der Waals surface area contributed by atoms with Gasteiger partial charge in [-0.1, -0.05) is 0 Å². The molecule has 0 aliphatic rings. The number of rotatable bonds is 10. The molecule has 0 N–H and O–H groups in total. The number of carboxylic acid groups (broad SMARTS) is 3. The Hall–Kier alpha value is 1.33. The number of nitrogens with zero attached hydrogens (tertiary/aromatic N) is 2. The fourth-order valence-electron chi connectivity index (χ4n) is 1.44. The molecule has 0 unspecified atom stereocenters. The van der Waals surface area contributed by atoms with E-state index in [4.69, 9.17) is 0 Å². The molecule has 0 rings (SSSR count). The van der Waals surface area contributed by atoms with Crippen molar-refractivity contribution in [3.05, 3.63) is 0 Å². The molecule has 0 bridgehead atoms. The summed E-state index contributed by atoms with van der Waals surface area (Å²) in [5.74, 6) is -3.96. The monoisotopic (exact) mass is 328 g/mol. The maximum Gasteiger partial charge on any atom is 1.00 e. The molecule has 0 radical (unpaired) electrons. The Kier molecular flexibility index (Phi) is 25.5. The van der Waals surface area contributed by atoms with Crippen LogP contribution in [0.3, 0.4) is 0 Å². The van der Waals surface area contributed by atoms with Crippen LogP contribution in [0.15, 0.2) is 0 Å². The molecule has 104 valence electrons. The van der Waals surface area contributed by atoms with Crippen molar-refractivity contribution < 1.29 is 118 Å². The maximum absolute atomic E-state index is 10.4. The van der Waals surface area contributed by atoms with Crippen molar-refractivity contribution >= 4 is 17.9 Å². The minimum absolute atomic E-state index is 0. The van der Waals surface area contributed by atoms with Gasteiger partial charge in [0.1, 0.15) is 0 Å². The van der Waals surface area contributed by atoms with Gasteiger partial charge in [0, 0.05) is 26.2 Å². The molecular formula is C10H15N2Na3O6. The molecule has 0 spiro atoms. The Morgan fingerprint density at radius 2 is 1.14 bits per heavy atom. The molecule has 0 aromatic carbocycles. The zero-order valence-corrected chi connectivity index (χ0v) is 19.1. The molecule has 0 aliphatic heterocycles. The summed E-state index contributed by atoms with van der Waals surface area (Å²) in [4.78, 5) is 33.6. The van der Waals surface area contributed by atoms with E-state index in [1.807, 2.05) is 0 Å². The molecule has 0 saturated heterocycles. The Labute approximate surface area is 190 Å². The number of aliphatic carboxylic acids is 3. The van der Waals surface area contributed by atoms with Crippen molar-refractivity contribution in [3.63, 3.8) is 0 Å². The zero-order chi connectivity index (χ0) is 14.1. The van der Waals surface area contributed by atoms with Crippen LogP contribution in [0.4, 0.5) is 0 Å². The van der Waals surface area contributed by atoms with Gasteiger partial charge in [0.2, 0.25) is 0 Å². The largest absolute Gasteiger partial charge is 1.00 e. The summed E-state index contributed by atoms with van der Waals surface area (Å²) in [7, 11) is 1.57. The summed E-state index contributed by atoms with van der Waals surface area (Å²) in [6.07, 6.45) is 0.421.